The fourth-order valence-electron chi connectivity index (χ4n) is 5.74. The highest BCUT2D eigenvalue weighted by Gasteiger charge is 2.37. The largest absolute Gasteiger partial charge is 0.462 e. The van der Waals surface area contributed by atoms with E-state index in [1.54, 1.807) is 30.5 Å². The number of carbonyl (C=O) groups is 1. The van der Waals surface area contributed by atoms with Crippen molar-refractivity contribution in [2.75, 3.05) is 18.9 Å². The number of ether oxygens (including phenoxy) is 2. The third kappa shape index (κ3) is 7.80. The normalized spacial score (nSPS) is 15.1. The summed E-state index contributed by atoms with van der Waals surface area (Å²) >= 11 is 0. The number of aromatic nitrogens is 3. The van der Waals surface area contributed by atoms with E-state index in [0.717, 1.165) is 16.2 Å². The number of nitrogens with zero attached hydrogens (tertiary/aromatic N) is 3. The molecule has 5 rings (SSSR count). The molecule has 5 aromatic rings. The lowest BCUT2D eigenvalue weighted by Gasteiger charge is -2.33. The van der Waals surface area contributed by atoms with Gasteiger partial charge in [0.2, 0.25) is 0 Å². The summed E-state index contributed by atoms with van der Waals surface area (Å²) in [6, 6.07) is 19.5. The minimum Gasteiger partial charge on any atom is -0.462 e. The molecule has 0 bridgehead atoms. The minimum atomic E-state index is -4.22. The molecule has 48 heavy (non-hydrogen) atoms. The number of hydrogen-bond acceptors (Lipinski definition) is 10. The molecule has 3 aromatic carbocycles. The predicted octanol–water partition coefficient (Wildman–Crippen LogP) is 6.83. The minimum absolute atomic E-state index is 0.0143. The summed E-state index contributed by atoms with van der Waals surface area (Å²) in [6.45, 7) is 9.16. The molecule has 2 aromatic heterocycles. The molecule has 0 amide bonds. The molecule has 0 aliphatic rings. The van der Waals surface area contributed by atoms with Crippen LogP contribution in [0.25, 0.3) is 32.7 Å². The van der Waals surface area contributed by atoms with Gasteiger partial charge >= 0.3 is 13.7 Å². The molecule has 0 saturated heterocycles. The van der Waals surface area contributed by atoms with Gasteiger partial charge in [0.1, 0.15) is 35.5 Å². The second-order valence-electron chi connectivity index (χ2n) is 12.0. The van der Waals surface area contributed by atoms with Crippen molar-refractivity contribution in [2.24, 2.45) is 0 Å². The van der Waals surface area contributed by atoms with E-state index in [9.17, 15) is 14.5 Å². The van der Waals surface area contributed by atoms with Crippen LogP contribution < -0.4 is 15.3 Å². The van der Waals surface area contributed by atoms with E-state index in [0.29, 0.717) is 41.8 Å². The number of nitrogens with two attached hydrogens (primary N) is 1. The average Bonchev–Trinajstić information content (AvgIpc) is 3.45. The van der Waals surface area contributed by atoms with E-state index < -0.39 is 25.5 Å². The first-order chi connectivity index (χ1) is 23.0. The standard InChI is InChI=1S/C35H44N5O7P/c1-6-18-35(42,40-30(22-44-7-2)38-31-32(40)28-14-10-11-15-29(28)37-33(31)36)19-20-45-48(43,39-24(5)34(41)46-23(3)4)47-27-17-16-25-12-8-9-13-26(25)21-27/h8-17,21,23-24,42H,6-7,18-20,22H2,1-5H3,(H2,36,37)(H,39,43)/t24-,35-,48?/m0/s1. The van der Waals surface area contributed by atoms with Crippen molar-refractivity contribution in [3.05, 3.63) is 72.6 Å². The molecule has 0 aliphatic carbocycles. The number of nitrogens with one attached hydrogen (secondary N) is 1. The Hall–Kier alpha value is -4.06. The number of hydrogen-bond donors (Lipinski definition) is 3. The third-order valence-electron chi connectivity index (χ3n) is 7.86. The maximum Gasteiger partial charge on any atom is 0.459 e. The van der Waals surface area contributed by atoms with Gasteiger partial charge in [-0.15, -0.1) is 0 Å². The summed E-state index contributed by atoms with van der Waals surface area (Å²) in [6.07, 6.45) is 0.519. The molecule has 0 spiro atoms. The van der Waals surface area contributed by atoms with E-state index in [2.05, 4.69) is 10.1 Å². The van der Waals surface area contributed by atoms with Gasteiger partial charge in [-0.05, 0) is 63.1 Å². The maximum atomic E-state index is 14.4. The number of carbonyl (C=O) groups excluding carboxylic acids is 1. The lowest BCUT2D eigenvalue weighted by molar-refractivity contribution is -0.149. The summed E-state index contributed by atoms with van der Waals surface area (Å²) in [7, 11) is -4.22. The fraction of sp³-hybridized carbons (Fsp3) is 0.400. The van der Waals surface area contributed by atoms with E-state index in [1.807, 2.05) is 68.4 Å². The van der Waals surface area contributed by atoms with Gasteiger partial charge in [-0.3, -0.25) is 13.9 Å². The van der Waals surface area contributed by atoms with Gasteiger partial charge in [0.15, 0.2) is 5.82 Å². The van der Waals surface area contributed by atoms with Gasteiger partial charge in [-0.2, -0.15) is 5.09 Å². The number of para-hydroxylation sites is 1. The van der Waals surface area contributed by atoms with Gasteiger partial charge in [0.05, 0.1) is 23.7 Å². The molecule has 3 atom stereocenters. The second kappa shape index (κ2) is 15.0. The van der Waals surface area contributed by atoms with E-state index in [4.69, 9.17) is 29.2 Å². The predicted molar refractivity (Wildman–Crippen MR) is 186 cm³/mol. The van der Waals surface area contributed by atoms with Crippen molar-refractivity contribution < 1.29 is 33.0 Å². The zero-order chi connectivity index (χ0) is 34.5. The lowest BCUT2D eigenvalue weighted by Crippen LogP contribution is -2.38. The molecule has 4 N–H and O–H groups in total. The molecular formula is C35H44N5O7P. The summed E-state index contributed by atoms with van der Waals surface area (Å²) in [4.78, 5) is 22.0. The van der Waals surface area contributed by atoms with E-state index in [-0.39, 0.29) is 37.3 Å². The Bertz CT molecular complexity index is 1950. The average molecular weight is 678 g/mol. The monoisotopic (exact) mass is 677 g/mol. The molecular weight excluding hydrogens is 633 g/mol. The van der Waals surface area contributed by atoms with Gasteiger partial charge in [-0.1, -0.05) is 61.9 Å². The number of fused-ring (bicyclic) bond motifs is 4. The van der Waals surface area contributed by atoms with E-state index in [1.165, 1.54) is 6.92 Å². The van der Waals surface area contributed by atoms with Crippen LogP contribution in [-0.2, 0) is 35.7 Å². The van der Waals surface area contributed by atoms with Crippen molar-refractivity contribution >= 4 is 52.2 Å². The molecule has 0 saturated carbocycles. The molecule has 2 heterocycles. The van der Waals surface area contributed by atoms with Crippen LogP contribution in [0.4, 0.5) is 5.82 Å². The topological polar surface area (TPSA) is 160 Å². The van der Waals surface area contributed by atoms with Crippen LogP contribution in [0, 0.1) is 0 Å². The molecule has 1 unspecified atom stereocenters. The Morgan fingerprint density at radius 2 is 1.75 bits per heavy atom. The number of pyridine rings is 1. The summed E-state index contributed by atoms with van der Waals surface area (Å²) < 4.78 is 39.2. The van der Waals surface area contributed by atoms with E-state index >= 15 is 0 Å². The van der Waals surface area contributed by atoms with Crippen molar-refractivity contribution in [3.63, 3.8) is 0 Å². The first-order valence-corrected chi connectivity index (χ1v) is 17.8. The highest BCUT2D eigenvalue weighted by atomic mass is 31.2. The van der Waals surface area contributed by atoms with Crippen molar-refractivity contribution in [2.45, 2.75) is 78.4 Å². The molecule has 0 radical (unpaired) electrons. The van der Waals surface area contributed by atoms with Gasteiger partial charge < -0.3 is 24.8 Å². The molecule has 0 aliphatic heterocycles. The molecule has 12 nitrogen and oxygen atoms in total. The van der Waals surface area contributed by atoms with Crippen molar-refractivity contribution in [3.8, 4) is 5.75 Å². The highest BCUT2D eigenvalue weighted by molar-refractivity contribution is 7.52. The zero-order valence-electron chi connectivity index (χ0n) is 28.0. The first-order valence-electron chi connectivity index (χ1n) is 16.2. The lowest BCUT2D eigenvalue weighted by atomic mass is 10.0. The Morgan fingerprint density at radius 1 is 1.02 bits per heavy atom. The number of anilines is 1. The van der Waals surface area contributed by atoms with Crippen molar-refractivity contribution in [1.29, 1.82) is 0 Å². The Balaban J connectivity index is 1.50. The number of imidazole rings is 1. The van der Waals surface area contributed by atoms with Crippen LogP contribution in [0.3, 0.4) is 0 Å². The first kappa shape index (κ1) is 35.3. The van der Waals surface area contributed by atoms with Crippen LogP contribution in [0.2, 0.25) is 0 Å². The Labute approximate surface area is 280 Å². The summed E-state index contributed by atoms with van der Waals surface area (Å²) in [5.74, 6) is 0.371. The van der Waals surface area contributed by atoms with Crippen LogP contribution in [-0.4, -0.2) is 51.0 Å². The molecule has 0 fully saturated rings. The fourth-order valence-corrected chi connectivity index (χ4v) is 7.22. The van der Waals surface area contributed by atoms with Gasteiger partial charge in [0.25, 0.3) is 0 Å². The Kier molecular flexibility index (Phi) is 11.0. The van der Waals surface area contributed by atoms with Gasteiger partial charge in [-0.25, -0.2) is 14.5 Å². The number of rotatable bonds is 16. The smallest absolute Gasteiger partial charge is 0.459 e. The molecule has 13 heteroatoms. The van der Waals surface area contributed by atoms with Crippen molar-refractivity contribution in [1.82, 2.24) is 19.6 Å². The van der Waals surface area contributed by atoms with Gasteiger partial charge in [0, 0.05) is 18.4 Å². The highest BCUT2D eigenvalue weighted by Crippen LogP contribution is 2.46. The van der Waals surface area contributed by atoms with Crippen LogP contribution in [0.5, 0.6) is 5.75 Å². The number of benzene rings is 3. The van der Waals surface area contributed by atoms with Crippen LogP contribution >= 0.6 is 7.75 Å². The maximum absolute atomic E-state index is 14.4. The second-order valence-corrected chi connectivity index (χ2v) is 13.7. The number of aliphatic hydroxyl groups is 1. The summed E-state index contributed by atoms with van der Waals surface area (Å²) in [5, 5.41) is 17.8. The SMILES string of the molecule is CCC[C@](O)(CCOP(=O)(N[C@@H](C)C(=O)OC(C)C)Oc1ccc2ccccc2c1)n1c(COCC)nc2c(N)nc3ccccc3c21. The third-order valence-corrected chi connectivity index (χ3v) is 9.54. The van der Waals surface area contributed by atoms with Crippen LogP contribution in [0.1, 0.15) is 59.7 Å². The molecule has 256 valence electrons. The van der Waals surface area contributed by atoms with Crippen LogP contribution in [0.15, 0.2) is 66.7 Å². The quantitative estimate of drug-likeness (QED) is 0.0742. The number of esters is 1. The Morgan fingerprint density at radius 3 is 2.48 bits per heavy atom. The number of nitrogen functional groups attached to an aromatic ring is 1. The zero-order valence-corrected chi connectivity index (χ0v) is 28.9. The summed E-state index contributed by atoms with van der Waals surface area (Å²) in [5.41, 5.74) is 6.53.